The maximum absolute atomic E-state index is 12.8. The summed E-state index contributed by atoms with van der Waals surface area (Å²) >= 11 is 1.52. The molecule has 7 heteroatoms. The predicted molar refractivity (Wildman–Crippen MR) is 104 cm³/mol. The van der Waals surface area contributed by atoms with Crippen LogP contribution < -0.4 is 5.32 Å². The van der Waals surface area contributed by atoms with Crippen molar-refractivity contribution in [3.05, 3.63) is 46.3 Å². The van der Waals surface area contributed by atoms with Crippen molar-refractivity contribution < 1.29 is 9.59 Å². The van der Waals surface area contributed by atoms with Crippen molar-refractivity contribution in [2.24, 2.45) is 0 Å². The molecule has 3 heterocycles. The van der Waals surface area contributed by atoms with Gasteiger partial charge >= 0.3 is 0 Å². The molecule has 1 saturated heterocycles. The number of nitrogens with one attached hydrogen (secondary N) is 1. The summed E-state index contributed by atoms with van der Waals surface area (Å²) in [6.07, 6.45) is 2.40. The fourth-order valence-corrected chi connectivity index (χ4v) is 3.61. The van der Waals surface area contributed by atoms with E-state index in [1.807, 2.05) is 46.5 Å². The zero-order valence-corrected chi connectivity index (χ0v) is 16.0. The van der Waals surface area contributed by atoms with Gasteiger partial charge in [-0.15, -0.1) is 0 Å². The average molecular weight is 372 g/mol. The van der Waals surface area contributed by atoms with Gasteiger partial charge in [-0.2, -0.15) is 11.3 Å². The van der Waals surface area contributed by atoms with Crippen LogP contribution >= 0.6 is 11.3 Å². The molecule has 1 N–H and O–H groups in total. The van der Waals surface area contributed by atoms with E-state index >= 15 is 0 Å². The summed E-state index contributed by atoms with van der Waals surface area (Å²) < 4.78 is 0. The summed E-state index contributed by atoms with van der Waals surface area (Å²) in [5.41, 5.74) is 1.31. The minimum Gasteiger partial charge on any atom is -0.368 e. The Bertz CT molecular complexity index is 743. The van der Waals surface area contributed by atoms with E-state index in [0.717, 1.165) is 17.8 Å². The molecular formula is C19H24N4O2S. The van der Waals surface area contributed by atoms with Crippen LogP contribution in [0.5, 0.6) is 0 Å². The first-order chi connectivity index (χ1) is 12.5. The van der Waals surface area contributed by atoms with Gasteiger partial charge in [0.1, 0.15) is 5.82 Å². The minimum absolute atomic E-state index is 0.0292. The first kappa shape index (κ1) is 18.4. The van der Waals surface area contributed by atoms with E-state index in [1.54, 1.807) is 12.3 Å². The van der Waals surface area contributed by atoms with Crippen LogP contribution in [0.3, 0.4) is 0 Å². The first-order valence-electron chi connectivity index (χ1n) is 8.88. The Hall–Kier alpha value is -2.41. The molecule has 2 aromatic rings. The van der Waals surface area contributed by atoms with Crippen LogP contribution in [0.1, 0.15) is 41.0 Å². The molecule has 0 spiro atoms. The maximum atomic E-state index is 12.8. The van der Waals surface area contributed by atoms with Gasteiger partial charge < -0.3 is 15.1 Å². The van der Waals surface area contributed by atoms with Gasteiger partial charge in [0.15, 0.2) is 0 Å². The first-order valence-corrected chi connectivity index (χ1v) is 9.82. The van der Waals surface area contributed by atoms with Crippen LogP contribution in [0.15, 0.2) is 35.2 Å². The number of hydrogen-bond donors (Lipinski definition) is 1. The van der Waals surface area contributed by atoms with Crippen molar-refractivity contribution in [3.63, 3.8) is 0 Å². The van der Waals surface area contributed by atoms with Crippen molar-refractivity contribution in [1.29, 1.82) is 0 Å². The maximum Gasteiger partial charge on any atom is 0.255 e. The lowest BCUT2D eigenvalue weighted by Crippen LogP contribution is -2.37. The Morgan fingerprint density at radius 1 is 1.04 bits per heavy atom. The Balaban J connectivity index is 1.61. The molecular weight excluding hydrogens is 348 g/mol. The third-order valence-corrected chi connectivity index (χ3v) is 4.97. The third kappa shape index (κ3) is 4.40. The summed E-state index contributed by atoms with van der Waals surface area (Å²) in [5.74, 6) is 0.782. The van der Waals surface area contributed by atoms with Crippen molar-refractivity contribution in [2.75, 3.05) is 31.5 Å². The predicted octanol–water partition coefficient (Wildman–Crippen LogP) is 2.95. The lowest BCUT2D eigenvalue weighted by atomic mass is 10.2. The van der Waals surface area contributed by atoms with Crippen molar-refractivity contribution in [3.8, 4) is 0 Å². The number of aromatic nitrogens is 1. The van der Waals surface area contributed by atoms with Crippen LogP contribution in [-0.2, 0) is 0 Å². The topological polar surface area (TPSA) is 65.5 Å². The second-order valence-corrected chi connectivity index (χ2v) is 7.46. The van der Waals surface area contributed by atoms with E-state index in [0.29, 0.717) is 37.8 Å². The second-order valence-electron chi connectivity index (χ2n) is 6.68. The van der Waals surface area contributed by atoms with Gasteiger partial charge in [0.05, 0.1) is 11.1 Å². The molecule has 138 valence electrons. The quantitative estimate of drug-likeness (QED) is 0.896. The van der Waals surface area contributed by atoms with E-state index in [9.17, 15) is 9.59 Å². The number of thiophene rings is 1. The molecule has 0 radical (unpaired) electrons. The summed E-state index contributed by atoms with van der Waals surface area (Å²) in [5, 5.41) is 6.99. The number of hydrogen-bond acceptors (Lipinski definition) is 5. The molecule has 0 saturated carbocycles. The van der Waals surface area contributed by atoms with Gasteiger partial charge in [-0.25, -0.2) is 4.98 Å². The van der Waals surface area contributed by atoms with Crippen LogP contribution in [-0.4, -0.2) is 58.8 Å². The molecule has 1 fully saturated rings. The number of rotatable bonds is 4. The molecule has 6 nitrogen and oxygen atoms in total. The van der Waals surface area contributed by atoms with E-state index in [1.165, 1.54) is 11.3 Å². The van der Waals surface area contributed by atoms with Gasteiger partial charge in [-0.1, -0.05) is 0 Å². The Morgan fingerprint density at radius 2 is 1.73 bits per heavy atom. The highest BCUT2D eigenvalue weighted by Gasteiger charge is 2.23. The Morgan fingerprint density at radius 3 is 2.27 bits per heavy atom. The fourth-order valence-electron chi connectivity index (χ4n) is 2.98. The van der Waals surface area contributed by atoms with Crippen molar-refractivity contribution in [1.82, 2.24) is 14.8 Å². The SMILES string of the molecule is CC(C)Nc1ccc(C(=O)N2CCCN(C(=O)c3ccsc3)CC2)cn1. The van der Waals surface area contributed by atoms with Crippen LogP contribution in [0.2, 0.25) is 0 Å². The molecule has 0 aliphatic carbocycles. The normalized spacial score (nSPS) is 15.0. The van der Waals surface area contributed by atoms with Gasteiger partial charge in [0.2, 0.25) is 0 Å². The Labute approximate surface area is 157 Å². The smallest absolute Gasteiger partial charge is 0.255 e. The summed E-state index contributed by atoms with van der Waals surface area (Å²) in [7, 11) is 0. The van der Waals surface area contributed by atoms with Gasteiger partial charge in [0, 0.05) is 43.8 Å². The summed E-state index contributed by atoms with van der Waals surface area (Å²) in [4.78, 5) is 33.2. The van der Waals surface area contributed by atoms with E-state index in [-0.39, 0.29) is 11.8 Å². The van der Waals surface area contributed by atoms with Crippen LogP contribution in [0, 0.1) is 0 Å². The van der Waals surface area contributed by atoms with Gasteiger partial charge in [-0.3, -0.25) is 9.59 Å². The lowest BCUT2D eigenvalue weighted by Gasteiger charge is -2.22. The van der Waals surface area contributed by atoms with E-state index in [4.69, 9.17) is 0 Å². The molecule has 1 aliphatic rings. The number of pyridine rings is 1. The van der Waals surface area contributed by atoms with E-state index < -0.39 is 0 Å². The number of carbonyl (C=O) groups excluding carboxylic acids is 2. The zero-order chi connectivity index (χ0) is 18.5. The highest BCUT2D eigenvalue weighted by atomic mass is 32.1. The number of anilines is 1. The number of carbonyl (C=O) groups is 2. The number of nitrogens with zero attached hydrogens (tertiary/aromatic N) is 3. The Kier molecular flexibility index (Phi) is 5.88. The molecule has 0 aromatic carbocycles. The van der Waals surface area contributed by atoms with Gasteiger partial charge in [-0.05, 0) is 43.8 Å². The van der Waals surface area contributed by atoms with Gasteiger partial charge in [0.25, 0.3) is 11.8 Å². The molecule has 2 aromatic heterocycles. The van der Waals surface area contributed by atoms with Crippen LogP contribution in [0.25, 0.3) is 0 Å². The standard InChI is InChI=1S/C19H24N4O2S/c1-14(2)21-17-5-4-15(12-20-17)18(24)22-7-3-8-23(10-9-22)19(25)16-6-11-26-13-16/h4-6,11-14H,3,7-10H2,1-2H3,(H,20,21). The van der Waals surface area contributed by atoms with Crippen molar-refractivity contribution in [2.45, 2.75) is 26.3 Å². The average Bonchev–Trinajstić information content (AvgIpc) is 3.05. The fraction of sp³-hybridized carbons (Fsp3) is 0.421. The molecule has 2 amide bonds. The minimum atomic E-state index is -0.0292. The zero-order valence-electron chi connectivity index (χ0n) is 15.1. The highest BCUT2D eigenvalue weighted by Crippen LogP contribution is 2.14. The van der Waals surface area contributed by atoms with Crippen molar-refractivity contribution >= 4 is 29.0 Å². The summed E-state index contributed by atoms with van der Waals surface area (Å²) in [6, 6.07) is 5.78. The lowest BCUT2D eigenvalue weighted by molar-refractivity contribution is 0.0719. The summed E-state index contributed by atoms with van der Waals surface area (Å²) in [6.45, 7) is 6.51. The van der Waals surface area contributed by atoms with E-state index in [2.05, 4.69) is 10.3 Å². The molecule has 0 bridgehead atoms. The second kappa shape index (κ2) is 8.31. The van der Waals surface area contributed by atoms with Crippen LogP contribution in [0.4, 0.5) is 5.82 Å². The molecule has 0 atom stereocenters. The molecule has 1 aliphatic heterocycles. The molecule has 26 heavy (non-hydrogen) atoms. The largest absolute Gasteiger partial charge is 0.368 e. The third-order valence-electron chi connectivity index (χ3n) is 4.29. The monoisotopic (exact) mass is 372 g/mol. The molecule has 0 unspecified atom stereocenters. The molecule has 3 rings (SSSR count). The highest BCUT2D eigenvalue weighted by molar-refractivity contribution is 7.08. The number of amides is 2.